The maximum absolute atomic E-state index is 5.44. The number of hydrogen-bond donors (Lipinski definition) is 4. The number of rotatable bonds is 3. The first kappa shape index (κ1) is 8.03. The molecule has 0 fully saturated rings. The Morgan fingerprint density at radius 1 is 1.45 bits per heavy atom. The zero-order valence-electron chi connectivity index (χ0n) is 6.52. The molecule has 0 aromatic carbocycles. The van der Waals surface area contributed by atoms with Gasteiger partial charge in [-0.25, -0.2) is 0 Å². The molecule has 1 rings (SSSR count). The Kier molecular flexibility index (Phi) is 2.45. The number of nitrogens with two attached hydrogens (primary N) is 2. The average molecular weight is 155 g/mol. The van der Waals surface area contributed by atoms with E-state index in [0.29, 0.717) is 13.1 Å². The summed E-state index contributed by atoms with van der Waals surface area (Å²) in [5, 5.41) is 9.78. The van der Waals surface area contributed by atoms with E-state index < -0.39 is 0 Å². The first-order chi connectivity index (χ1) is 5.33. The van der Waals surface area contributed by atoms with Crippen molar-refractivity contribution in [2.45, 2.75) is 13.1 Å². The molecule has 0 aliphatic carbocycles. The lowest BCUT2D eigenvalue weighted by Crippen LogP contribution is -2.03. The zero-order chi connectivity index (χ0) is 8.27. The molecule has 1 heterocycles. The highest BCUT2D eigenvalue weighted by atomic mass is 15.2. The Morgan fingerprint density at radius 3 is 2.64 bits per heavy atom. The van der Waals surface area contributed by atoms with Crippen molar-refractivity contribution in [3.8, 4) is 0 Å². The van der Waals surface area contributed by atoms with Crippen LogP contribution in [-0.4, -0.2) is 17.2 Å². The van der Waals surface area contributed by atoms with Crippen molar-refractivity contribution in [1.82, 2.24) is 10.2 Å². The normalized spacial score (nSPS) is 10.1. The minimum absolute atomic E-state index is 0.423. The SMILES string of the molecule is CNc1c(CN)n[nH]c1CN. The largest absolute Gasteiger partial charge is 0.385 e. The first-order valence-corrected chi connectivity index (χ1v) is 3.47. The number of hydrogen-bond acceptors (Lipinski definition) is 4. The number of nitrogens with zero attached hydrogens (tertiary/aromatic N) is 1. The molecule has 0 bridgehead atoms. The summed E-state index contributed by atoms with van der Waals surface area (Å²) in [5.41, 5.74) is 13.5. The quantitative estimate of drug-likeness (QED) is 0.467. The highest BCUT2D eigenvalue weighted by Crippen LogP contribution is 2.15. The van der Waals surface area contributed by atoms with Gasteiger partial charge in [0.25, 0.3) is 0 Å². The van der Waals surface area contributed by atoms with Crippen LogP contribution in [-0.2, 0) is 13.1 Å². The fourth-order valence-electron chi connectivity index (χ4n) is 1.01. The van der Waals surface area contributed by atoms with Crippen molar-refractivity contribution >= 4 is 5.69 Å². The smallest absolute Gasteiger partial charge is 0.0992 e. The van der Waals surface area contributed by atoms with Crippen LogP contribution >= 0.6 is 0 Å². The first-order valence-electron chi connectivity index (χ1n) is 3.47. The molecule has 0 spiro atoms. The molecule has 11 heavy (non-hydrogen) atoms. The van der Waals surface area contributed by atoms with E-state index in [0.717, 1.165) is 17.1 Å². The van der Waals surface area contributed by atoms with E-state index in [-0.39, 0.29) is 0 Å². The molecule has 0 amide bonds. The van der Waals surface area contributed by atoms with E-state index in [4.69, 9.17) is 11.5 Å². The average Bonchev–Trinajstić information content (AvgIpc) is 2.45. The van der Waals surface area contributed by atoms with Gasteiger partial charge in [-0.15, -0.1) is 0 Å². The molecule has 6 N–H and O–H groups in total. The molecule has 0 radical (unpaired) electrons. The van der Waals surface area contributed by atoms with Crippen LogP contribution in [0.1, 0.15) is 11.4 Å². The van der Waals surface area contributed by atoms with Crippen LogP contribution in [0.2, 0.25) is 0 Å². The number of anilines is 1. The van der Waals surface area contributed by atoms with E-state index in [1.807, 2.05) is 7.05 Å². The molecule has 5 heteroatoms. The number of H-pyrrole nitrogens is 1. The van der Waals surface area contributed by atoms with Crippen molar-refractivity contribution in [3.63, 3.8) is 0 Å². The summed E-state index contributed by atoms with van der Waals surface area (Å²) >= 11 is 0. The zero-order valence-corrected chi connectivity index (χ0v) is 6.52. The standard InChI is InChI=1S/C6H13N5/c1-9-6-4(2-7)10-11-5(6)3-8/h9H,2-3,7-8H2,1H3,(H,10,11). The van der Waals surface area contributed by atoms with Crippen LogP contribution in [0.3, 0.4) is 0 Å². The second-order valence-corrected chi connectivity index (χ2v) is 2.18. The van der Waals surface area contributed by atoms with E-state index in [1.54, 1.807) is 0 Å². The Bertz CT molecular complexity index is 207. The van der Waals surface area contributed by atoms with Gasteiger partial charge in [0, 0.05) is 20.1 Å². The summed E-state index contributed by atoms with van der Waals surface area (Å²) in [7, 11) is 1.82. The van der Waals surface area contributed by atoms with Gasteiger partial charge in [0.1, 0.15) is 0 Å². The van der Waals surface area contributed by atoms with Gasteiger partial charge >= 0.3 is 0 Å². The molecule has 0 aliphatic rings. The van der Waals surface area contributed by atoms with Crippen LogP contribution < -0.4 is 16.8 Å². The van der Waals surface area contributed by atoms with Crippen LogP contribution in [0.25, 0.3) is 0 Å². The van der Waals surface area contributed by atoms with Crippen LogP contribution in [0, 0.1) is 0 Å². The van der Waals surface area contributed by atoms with Crippen LogP contribution in [0.5, 0.6) is 0 Å². The number of aromatic amines is 1. The number of aromatic nitrogens is 2. The summed E-state index contributed by atoms with van der Waals surface area (Å²) in [6.07, 6.45) is 0. The molecule has 1 aromatic rings. The van der Waals surface area contributed by atoms with Gasteiger partial charge < -0.3 is 16.8 Å². The fourth-order valence-corrected chi connectivity index (χ4v) is 1.01. The van der Waals surface area contributed by atoms with Gasteiger partial charge in [-0.3, -0.25) is 5.10 Å². The molecule has 1 aromatic heterocycles. The lowest BCUT2D eigenvalue weighted by molar-refractivity contribution is 0.911. The Labute approximate surface area is 65.2 Å². The summed E-state index contributed by atoms with van der Waals surface area (Å²) < 4.78 is 0. The Hall–Kier alpha value is -1.07. The van der Waals surface area contributed by atoms with E-state index in [1.165, 1.54) is 0 Å². The van der Waals surface area contributed by atoms with Crippen molar-refractivity contribution in [1.29, 1.82) is 0 Å². The molecule has 0 atom stereocenters. The summed E-state index contributed by atoms with van der Waals surface area (Å²) in [6, 6.07) is 0. The Balaban J connectivity index is 2.99. The molecule has 0 saturated heterocycles. The molecule has 0 aliphatic heterocycles. The summed E-state index contributed by atoms with van der Waals surface area (Å²) in [6.45, 7) is 0.871. The fraction of sp³-hybridized carbons (Fsp3) is 0.500. The molecule has 62 valence electrons. The van der Waals surface area contributed by atoms with Gasteiger partial charge in [-0.2, -0.15) is 5.10 Å². The third kappa shape index (κ3) is 1.33. The van der Waals surface area contributed by atoms with Crippen molar-refractivity contribution in [3.05, 3.63) is 11.4 Å². The molecular formula is C6H13N5. The van der Waals surface area contributed by atoms with Gasteiger partial charge in [0.2, 0.25) is 0 Å². The van der Waals surface area contributed by atoms with Gasteiger partial charge in [-0.1, -0.05) is 0 Å². The maximum Gasteiger partial charge on any atom is 0.0992 e. The monoisotopic (exact) mass is 155 g/mol. The lowest BCUT2D eigenvalue weighted by atomic mass is 10.3. The Morgan fingerprint density at radius 2 is 2.18 bits per heavy atom. The van der Waals surface area contributed by atoms with Gasteiger partial charge in [0.15, 0.2) is 0 Å². The van der Waals surface area contributed by atoms with Crippen molar-refractivity contribution in [2.24, 2.45) is 11.5 Å². The van der Waals surface area contributed by atoms with E-state index in [2.05, 4.69) is 15.5 Å². The van der Waals surface area contributed by atoms with Crippen LogP contribution in [0.4, 0.5) is 5.69 Å². The molecule has 5 nitrogen and oxygen atoms in total. The maximum atomic E-state index is 5.44. The molecule has 0 unspecified atom stereocenters. The minimum atomic E-state index is 0.423. The highest BCUT2D eigenvalue weighted by molar-refractivity contribution is 5.51. The number of nitrogens with one attached hydrogen (secondary N) is 2. The van der Waals surface area contributed by atoms with Crippen LogP contribution in [0.15, 0.2) is 0 Å². The third-order valence-corrected chi connectivity index (χ3v) is 1.56. The van der Waals surface area contributed by atoms with E-state index >= 15 is 0 Å². The second kappa shape index (κ2) is 3.36. The van der Waals surface area contributed by atoms with E-state index in [9.17, 15) is 0 Å². The minimum Gasteiger partial charge on any atom is -0.385 e. The second-order valence-electron chi connectivity index (χ2n) is 2.18. The van der Waals surface area contributed by atoms with Crippen molar-refractivity contribution < 1.29 is 0 Å². The summed E-state index contributed by atoms with van der Waals surface area (Å²) in [4.78, 5) is 0. The summed E-state index contributed by atoms with van der Waals surface area (Å²) in [5.74, 6) is 0. The van der Waals surface area contributed by atoms with Crippen molar-refractivity contribution in [2.75, 3.05) is 12.4 Å². The lowest BCUT2D eigenvalue weighted by Gasteiger charge is -2.00. The molecular weight excluding hydrogens is 142 g/mol. The van der Waals surface area contributed by atoms with Gasteiger partial charge in [0.05, 0.1) is 17.1 Å². The highest BCUT2D eigenvalue weighted by Gasteiger charge is 2.07. The predicted molar refractivity (Wildman–Crippen MR) is 43.9 cm³/mol. The van der Waals surface area contributed by atoms with Gasteiger partial charge in [-0.05, 0) is 0 Å². The topological polar surface area (TPSA) is 92.7 Å². The molecule has 0 saturated carbocycles. The third-order valence-electron chi connectivity index (χ3n) is 1.56. The predicted octanol–water partition coefficient (Wildman–Crippen LogP) is -0.631.